The average molecular weight is 258 g/mol. The zero-order valence-corrected chi connectivity index (χ0v) is 9.54. The van der Waals surface area contributed by atoms with Gasteiger partial charge in [-0.3, -0.25) is 9.89 Å². The van der Waals surface area contributed by atoms with Crippen LogP contribution in [0.5, 0.6) is 0 Å². The van der Waals surface area contributed by atoms with E-state index in [4.69, 9.17) is 0 Å². The molecule has 18 heavy (non-hydrogen) atoms. The summed E-state index contributed by atoms with van der Waals surface area (Å²) < 4.78 is 38.5. The van der Waals surface area contributed by atoms with Crippen LogP contribution in [-0.4, -0.2) is 20.0 Å². The zero-order chi connectivity index (χ0) is 13.5. The van der Waals surface area contributed by atoms with Gasteiger partial charge in [-0.2, -0.15) is 23.0 Å². The van der Waals surface area contributed by atoms with Crippen molar-refractivity contribution in [2.24, 2.45) is 0 Å². The molecular weight excluding hydrogens is 249 g/mol. The molecule has 0 saturated heterocycles. The second-order valence-corrected chi connectivity index (χ2v) is 3.78. The summed E-state index contributed by atoms with van der Waals surface area (Å²) in [7, 11) is 0. The molecular formula is C10H9F3N4O. The lowest BCUT2D eigenvalue weighted by Gasteiger charge is -2.04. The number of H-pyrrole nitrogens is 1. The van der Waals surface area contributed by atoms with Crippen LogP contribution in [0.25, 0.3) is 5.82 Å². The van der Waals surface area contributed by atoms with Crippen molar-refractivity contribution in [2.45, 2.75) is 20.0 Å². The second-order valence-electron chi connectivity index (χ2n) is 3.78. The number of nitrogens with zero attached hydrogens (tertiary/aromatic N) is 3. The third kappa shape index (κ3) is 2.01. The fraction of sp³-hybridized carbons (Fsp3) is 0.300. The molecule has 2 aromatic rings. The predicted molar refractivity (Wildman–Crippen MR) is 56.5 cm³/mol. The molecule has 0 aromatic carbocycles. The van der Waals surface area contributed by atoms with E-state index in [1.54, 1.807) is 13.0 Å². The van der Waals surface area contributed by atoms with E-state index in [2.05, 4.69) is 10.2 Å². The highest BCUT2D eigenvalue weighted by atomic mass is 19.4. The van der Waals surface area contributed by atoms with Gasteiger partial charge in [0.2, 0.25) is 0 Å². The summed E-state index contributed by atoms with van der Waals surface area (Å²) in [5, 5.41) is 9.35. The fourth-order valence-corrected chi connectivity index (χ4v) is 1.47. The highest BCUT2D eigenvalue weighted by Crippen LogP contribution is 2.29. The predicted octanol–water partition coefficient (Wildman–Crippen LogP) is 1.59. The van der Waals surface area contributed by atoms with Gasteiger partial charge < -0.3 is 0 Å². The smallest absolute Gasteiger partial charge is 0.285 e. The van der Waals surface area contributed by atoms with Gasteiger partial charge in [0, 0.05) is 5.56 Å². The quantitative estimate of drug-likeness (QED) is 0.844. The standard InChI is InChI=1S/C10H9F3N4O/c1-5-3-4-7(15-14-5)17-9(18)6(2)8(16-17)10(11,12)13/h3-4,16H,1-2H3. The number of halogens is 3. The fourth-order valence-electron chi connectivity index (χ4n) is 1.47. The molecule has 0 aliphatic heterocycles. The molecule has 5 nitrogen and oxygen atoms in total. The van der Waals surface area contributed by atoms with Gasteiger partial charge in [0.05, 0.1) is 5.69 Å². The highest BCUT2D eigenvalue weighted by molar-refractivity contribution is 5.26. The Hall–Kier alpha value is -2.12. The van der Waals surface area contributed by atoms with Crippen molar-refractivity contribution in [1.82, 2.24) is 20.0 Å². The minimum Gasteiger partial charge on any atom is -0.285 e. The van der Waals surface area contributed by atoms with Gasteiger partial charge in [0.15, 0.2) is 5.82 Å². The minimum atomic E-state index is -4.60. The molecule has 0 bridgehead atoms. The van der Waals surface area contributed by atoms with Crippen LogP contribution in [0.2, 0.25) is 0 Å². The van der Waals surface area contributed by atoms with Crippen LogP contribution in [0.15, 0.2) is 16.9 Å². The number of aromatic nitrogens is 4. The van der Waals surface area contributed by atoms with E-state index in [1.807, 2.05) is 5.10 Å². The number of hydrogen-bond acceptors (Lipinski definition) is 3. The normalized spacial score (nSPS) is 11.8. The molecule has 0 spiro atoms. The molecule has 0 saturated carbocycles. The Labute approximate surface area is 99.3 Å². The maximum atomic E-state index is 12.6. The van der Waals surface area contributed by atoms with E-state index >= 15 is 0 Å². The molecule has 2 rings (SSSR count). The number of aromatic amines is 1. The van der Waals surface area contributed by atoms with Crippen LogP contribution < -0.4 is 5.56 Å². The lowest BCUT2D eigenvalue weighted by molar-refractivity contribution is -0.141. The Morgan fingerprint density at radius 3 is 2.33 bits per heavy atom. The van der Waals surface area contributed by atoms with Gasteiger partial charge in [-0.05, 0) is 26.0 Å². The molecule has 0 aliphatic rings. The van der Waals surface area contributed by atoms with Crippen LogP contribution in [-0.2, 0) is 6.18 Å². The van der Waals surface area contributed by atoms with Gasteiger partial charge >= 0.3 is 6.18 Å². The Morgan fingerprint density at radius 1 is 1.22 bits per heavy atom. The summed E-state index contributed by atoms with van der Waals surface area (Å²) in [5.74, 6) is 0.0178. The lowest BCUT2D eigenvalue weighted by atomic mass is 10.3. The van der Waals surface area contributed by atoms with E-state index in [1.165, 1.54) is 6.07 Å². The largest absolute Gasteiger partial charge is 0.433 e. The summed E-state index contributed by atoms with van der Waals surface area (Å²) in [4.78, 5) is 11.7. The Kier molecular flexibility index (Phi) is 2.72. The molecule has 0 amide bonds. The SMILES string of the molecule is Cc1ccc(-n2[nH]c(C(F)(F)F)c(C)c2=O)nn1. The molecule has 0 radical (unpaired) electrons. The van der Waals surface area contributed by atoms with Crippen LogP contribution in [0, 0.1) is 13.8 Å². The summed E-state index contributed by atoms with van der Waals surface area (Å²) in [6.07, 6.45) is -4.60. The summed E-state index contributed by atoms with van der Waals surface area (Å²) in [6.45, 7) is 2.79. The molecule has 1 N–H and O–H groups in total. The first-order valence-corrected chi connectivity index (χ1v) is 5.00. The van der Waals surface area contributed by atoms with Gasteiger partial charge in [-0.15, -0.1) is 5.10 Å². The minimum absolute atomic E-state index is 0.0178. The van der Waals surface area contributed by atoms with Crippen molar-refractivity contribution in [1.29, 1.82) is 0 Å². The number of aryl methyl sites for hydroxylation is 1. The van der Waals surface area contributed by atoms with Crippen LogP contribution in [0.1, 0.15) is 17.0 Å². The Balaban J connectivity index is 2.60. The van der Waals surface area contributed by atoms with Crippen LogP contribution in [0.4, 0.5) is 13.2 Å². The number of alkyl halides is 3. The number of nitrogens with one attached hydrogen (secondary N) is 1. The summed E-state index contributed by atoms with van der Waals surface area (Å²) in [5.41, 5.74) is -1.66. The topological polar surface area (TPSA) is 63.6 Å². The van der Waals surface area contributed by atoms with Crippen molar-refractivity contribution in [2.75, 3.05) is 0 Å². The molecule has 8 heteroatoms. The number of hydrogen-bond donors (Lipinski definition) is 1. The number of rotatable bonds is 1. The molecule has 2 heterocycles. The van der Waals surface area contributed by atoms with Crippen molar-refractivity contribution < 1.29 is 13.2 Å². The van der Waals surface area contributed by atoms with Crippen molar-refractivity contribution >= 4 is 0 Å². The molecule has 0 unspecified atom stereocenters. The zero-order valence-electron chi connectivity index (χ0n) is 9.54. The average Bonchev–Trinajstić information content (AvgIpc) is 2.57. The molecule has 2 aromatic heterocycles. The van der Waals surface area contributed by atoms with Gasteiger partial charge in [0.1, 0.15) is 5.69 Å². The highest BCUT2D eigenvalue weighted by Gasteiger charge is 2.36. The van der Waals surface area contributed by atoms with E-state index in [0.717, 1.165) is 11.6 Å². The summed E-state index contributed by atoms with van der Waals surface area (Å²) >= 11 is 0. The molecule has 96 valence electrons. The second kappa shape index (κ2) is 3.97. The van der Waals surface area contributed by atoms with E-state index in [0.29, 0.717) is 5.69 Å². The van der Waals surface area contributed by atoms with Gasteiger partial charge in [-0.25, -0.2) is 0 Å². The first-order chi connectivity index (χ1) is 8.30. The van der Waals surface area contributed by atoms with Gasteiger partial charge in [-0.1, -0.05) is 0 Å². The van der Waals surface area contributed by atoms with Crippen LogP contribution in [0.3, 0.4) is 0 Å². The van der Waals surface area contributed by atoms with E-state index < -0.39 is 23.0 Å². The third-order valence-electron chi connectivity index (χ3n) is 2.42. The molecule has 0 fully saturated rings. The first-order valence-electron chi connectivity index (χ1n) is 5.00. The van der Waals surface area contributed by atoms with Crippen molar-refractivity contribution in [3.05, 3.63) is 39.4 Å². The monoisotopic (exact) mass is 258 g/mol. The van der Waals surface area contributed by atoms with Crippen molar-refractivity contribution in [3.63, 3.8) is 0 Å². The first kappa shape index (κ1) is 12.3. The van der Waals surface area contributed by atoms with Crippen LogP contribution >= 0.6 is 0 Å². The van der Waals surface area contributed by atoms with Gasteiger partial charge in [0.25, 0.3) is 5.56 Å². The van der Waals surface area contributed by atoms with E-state index in [9.17, 15) is 18.0 Å². The third-order valence-corrected chi connectivity index (χ3v) is 2.42. The Bertz CT molecular complexity index is 624. The molecule has 0 aliphatic carbocycles. The summed E-state index contributed by atoms with van der Waals surface area (Å²) in [6, 6.07) is 2.97. The lowest BCUT2D eigenvalue weighted by Crippen LogP contribution is -2.17. The van der Waals surface area contributed by atoms with Crippen molar-refractivity contribution in [3.8, 4) is 5.82 Å². The maximum Gasteiger partial charge on any atom is 0.433 e. The maximum absolute atomic E-state index is 12.6. The molecule has 0 atom stereocenters. The Morgan fingerprint density at radius 2 is 1.89 bits per heavy atom. The van der Waals surface area contributed by atoms with E-state index in [-0.39, 0.29) is 5.82 Å².